The highest BCUT2D eigenvalue weighted by Crippen LogP contribution is 2.49. The number of aliphatic carboxylic acids is 1. The SMILES string of the molecule is O=C(O)C(CNC(=O)C1(Cc2ccccc2F)CC1)C1CCOCC1. The van der Waals surface area contributed by atoms with Crippen molar-refractivity contribution in [3.8, 4) is 0 Å². The quantitative estimate of drug-likeness (QED) is 0.793. The lowest BCUT2D eigenvalue weighted by atomic mass is 9.85. The van der Waals surface area contributed by atoms with Crippen LogP contribution >= 0.6 is 0 Å². The molecule has 1 unspecified atom stereocenters. The minimum atomic E-state index is -0.883. The Morgan fingerprint density at radius 1 is 1.28 bits per heavy atom. The Balaban J connectivity index is 1.59. The Morgan fingerprint density at radius 3 is 2.56 bits per heavy atom. The summed E-state index contributed by atoms with van der Waals surface area (Å²) in [6.45, 7) is 1.26. The normalized spacial score (nSPS) is 20.7. The number of hydrogen-bond donors (Lipinski definition) is 2. The van der Waals surface area contributed by atoms with Crippen LogP contribution in [0.5, 0.6) is 0 Å². The van der Waals surface area contributed by atoms with Gasteiger partial charge in [-0.2, -0.15) is 0 Å². The largest absolute Gasteiger partial charge is 0.481 e. The minimum Gasteiger partial charge on any atom is -0.481 e. The second-order valence-corrected chi connectivity index (χ2v) is 7.15. The third kappa shape index (κ3) is 4.18. The van der Waals surface area contributed by atoms with Crippen LogP contribution in [0.15, 0.2) is 24.3 Å². The number of rotatable bonds is 7. The van der Waals surface area contributed by atoms with E-state index in [2.05, 4.69) is 5.32 Å². The van der Waals surface area contributed by atoms with Crippen molar-refractivity contribution in [2.45, 2.75) is 32.1 Å². The van der Waals surface area contributed by atoms with Crippen LogP contribution < -0.4 is 5.32 Å². The van der Waals surface area contributed by atoms with Crippen molar-refractivity contribution in [3.63, 3.8) is 0 Å². The van der Waals surface area contributed by atoms with Crippen LogP contribution in [0.4, 0.5) is 4.39 Å². The Morgan fingerprint density at radius 2 is 1.96 bits per heavy atom. The number of carboxylic acids is 1. The number of carboxylic acid groups (broad SMARTS) is 1. The molecule has 0 bridgehead atoms. The number of amides is 1. The molecule has 5 nitrogen and oxygen atoms in total. The molecule has 1 aliphatic carbocycles. The first kappa shape index (κ1) is 17.9. The number of hydrogen-bond acceptors (Lipinski definition) is 3. The van der Waals surface area contributed by atoms with Crippen molar-refractivity contribution >= 4 is 11.9 Å². The number of halogens is 1. The van der Waals surface area contributed by atoms with E-state index >= 15 is 0 Å². The second-order valence-electron chi connectivity index (χ2n) is 7.15. The summed E-state index contributed by atoms with van der Waals surface area (Å²) in [5, 5.41) is 12.3. The Labute approximate surface area is 146 Å². The maximum Gasteiger partial charge on any atom is 0.308 e. The molecular weight excluding hydrogens is 325 g/mol. The lowest BCUT2D eigenvalue weighted by Crippen LogP contribution is -2.42. The summed E-state index contributed by atoms with van der Waals surface area (Å²) in [7, 11) is 0. The lowest BCUT2D eigenvalue weighted by molar-refractivity contribution is -0.145. The van der Waals surface area contributed by atoms with Gasteiger partial charge in [-0.05, 0) is 49.7 Å². The standard InChI is InChI=1S/C19H24FNO4/c20-16-4-2-1-3-14(16)11-19(7-8-19)18(24)21-12-15(17(22)23)13-5-9-25-10-6-13/h1-4,13,15H,5-12H2,(H,21,24)(H,22,23). The molecule has 6 heteroatoms. The molecule has 1 saturated heterocycles. The molecule has 0 radical (unpaired) electrons. The van der Waals surface area contributed by atoms with Gasteiger partial charge in [-0.1, -0.05) is 18.2 Å². The predicted molar refractivity (Wildman–Crippen MR) is 89.4 cm³/mol. The molecule has 2 aliphatic rings. The van der Waals surface area contributed by atoms with Crippen LogP contribution in [0.2, 0.25) is 0 Å². The van der Waals surface area contributed by atoms with Gasteiger partial charge in [0.15, 0.2) is 0 Å². The molecule has 136 valence electrons. The lowest BCUT2D eigenvalue weighted by Gasteiger charge is -2.28. The Bertz CT molecular complexity index is 638. The first-order chi connectivity index (χ1) is 12.0. The van der Waals surface area contributed by atoms with Crippen LogP contribution in [0.1, 0.15) is 31.2 Å². The molecule has 1 saturated carbocycles. The smallest absolute Gasteiger partial charge is 0.308 e. The molecule has 25 heavy (non-hydrogen) atoms. The van der Waals surface area contributed by atoms with E-state index in [0.717, 1.165) is 0 Å². The summed E-state index contributed by atoms with van der Waals surface area (Å²) >= 11 is 0. The topological polar surface area (TPSA) is 75.6 Å². The van der Waals surface area contributed by atoms with Crippen LogP contribution in [0, 0.1) is 23.1 Å². The number of nitrogens with one attached hydrogen (secondary N) is 1. The average molecular weight is 349 g/mol. The summed E-state index contributed by atoms with van der Waals surface area (Å²) in [4.78, 5) is 24.2. The Hall–Kier alpha value is -1.95. The van der Waals surface area contributed by atoms with Gasteiger partial charge in [0.1, 0.15) is 5.82 Å². The highest BCUT2D eigenvalue weighted by atomic mass is 19.1. The third-order valence-electron chi connectivity index (χ3n) is 5.46. The molecule has 0 spiro atoms. The van der Waals surface area contributed by atoms with Gasteiger partial charge in [-0.25, -0.2) is 4.39 Å². The average Bonchev–Trinajstić information content (AvgIpc) is 3.38. The molecule has 1 aromatic carbocycles. The highest BCUT2D eigenvalue weighted by molar-refractivity contribution is 5.86. The maximum absolute atomic E-state index is 13.9. The van der Waals surface area contributed by atoms with Crippen LogP contribution in [-0.4, -0.2) is 36.7 Å². The van der Waals surface area contributed by atoms with Gasteiger partial charge in [0.05, 0.1) is 11.3 Å². The molecular formula is C19H24FNO4. The minimum absolute atomic E-state index is 0.0215. The first-order valence-corrected chi connectivity index (χ1v) is 8.84. The number of carbonyl (C=O) groups excluding carboxylic acids is 1. The van der Waals surface area contributed by atoms with Gasteiger partial charge < -0.3 is 15.2 Å². The molecule has 1 atom stereocenters. The van der Waals surface area contributed by atoms with Gasteiger partial charge in [-0.3, -0.25) is 9.59 Å². The van der Waals surface area contributed by atoms with Crippen molar-refractivity contribution in [2.75, 3.05) is 19.8 Å². The van der Waals surface area contributed by atoms with E-state index in [4.69, 9.17) is 4.74 Å². The number of carbonyl (C=O) groups is 2. The molecule has 1 aliphatic heterocycles. The van der Waals surface area contributed by atoms with Crippen molar-refractivity contribution in [1.82, 2.24) is 5.32 Å². The summed E-state index contributed by atoms with van der Waals surface area (Å²) < 4.78 is 19.1. The van der Waals surface area contributed by atoms with Crippen LogP contribution in [0.25, 0.3) is 0 Å². The monoisotopic (exact) mass is 349 g/mol. The van der Waals surface area contributed by atoms with Crippen molar-refractivity contribution < 1.29 is 23.8 Å². The first-order valence-electron chi connectivity index (χ1n) is 8.84. The van der Waals surface area contributed by atoms with Gasteiger partial charge >= 0.3 is 5.97 Å². The van der Waals surface area contributed by atoms with Gasteiger partial charge in [0, 0.05) is 19.8 Å². The van der Waals surface area contributed by atoms with Gasteiger partial charge in [-0.15, -0.1) is 0 Å². The number of ether oxygens (including phenoxy) is 1. The second kappa shape index (κ2) is 7.52. The summed E-state index contributed by atoms with van der Waals surface area (Å²) in [6.07, 6.45) is 3.19. The van der Waals surface area contributed by atoms with Crippen molar-refractivity contribution in [2.24, 2.45) is 17.3 Å². The molecule has 0 aromatic heterocycles. The fraction of sp³-hybridized carbons (Fsp3) is 0.579. The van der Waals surface area contributed by atoms with Crippen LogP contribution in [0.3, 0.4) is 0 Å². The molecule has 3 rings (SSSR count). The zero-order chi connectivity index (χ0) is 17.9. The van der Waals surface area contributed by atoms with E-state index in [9.17, 15) is 19.1 Å². The van der Waals surface area contributed by atoms with E-state index in [1.165, 1.54) is 6.07 Å². The van der Waals surface area contributed by atoms with Gasteiger partial charge in [0.25, 0.3) is 0 Å². The molecule has 2 N–H and O–H groups in total. The molecule has 2 fully saturated rings. The fourth-order valence-electron chi connectivity index (χ4n) is 3.61. The number of benzene rings is 1. The van der Waals surface area contributed by atoms with E-state index in [1.54, 1.807) is 18.2 Å². The van der Waals surface area contributed by atoms with E-state index in [0.29, 0.717) is 50.9 Å². The molecule has 1 heterocycles. The van der Waals surface area contributed by atoms with Gasteiger partial charge in [0.2, 0.25) is 5.91 Å². The third-order valence-corrected chi connectivity index (χ3v) is 5.46. The molecule has 1 aromatic rings. The molecule has 1 amide bonds. The van der Waals surface area contributed by atoms with E-state index < -0.39 is 17.3 Å². The van der Waals surface area contributed by atoms with E-state index in [1.807, 2.05) is 0 Å². The zero-order valence-corrected chi connectivity index (χ0v) is 14.2. The highest BCUT2D eigenvalue weighted by Gasteiger charge is 2.50. The van der Waals surface area contributed by atoms with E-state index in [-0.39, 0.29) is 24.2 Å². The summed E-state index contributed by atoms with van der Waals surface area (Å²) in [5.41, 5.74) is -0.0460. The summed E-state index contributed by atoms with van der Waals surface area (Å²) in [6, 6.07) is 6.49. The predicted octanol–water partition coefficient (Wildman–Crippen LogP) is 2.39. The zero-order valence-electron chi connectivity index (χ0n) is 14.2. The maximum atomic E-state index is 13.9. The fourth-order valence-corrected chi connectivity index (χ4v) is 3.61. The van der Waals surface area contributed by atoms with Crippen molar-refractivity contribution in [1.29, 1.82) is 0 Å². The van der Waals surface area contributed by atoms with Crippen LogP contribution in [-0.2, 0) is 20.7 Å². The summed E-state index contributed by atoms with van der Waals surface area (Å²) in [5.74, 6) is -1.92. The van der Waals surface area contributed by atoms with Crippen molar-refractivity contribution in [3.05, 3.63) is 35.6 Å². The Kier molecular flexibility index (Phi) is 5.37.